The first kappa shape index (κ1) is 13.8. The molecule has 17 heavy (non-hydrogen) atoms. The highest BCUT2D eigenvalue weighted by Gasteiger charge is 2.25. The van der Waals surface area contributed by atoms with Crippen molar-refractivity contribution in [3.05, 3.63) is 23.9 Å². The van der Waals surface area contributed by atoms with Gasteiger partial charge in [0, 0.05) is 24.7 Å². The second-order valence-electron chi connectivity index (χ2n) is 4.41. The van der Waals surface area contributed by atoms with Gasteiger partial charge in [0.05, 0.1) is 12.5 Å². The van der Waals surface area contributed by atoms with Gasteiger partial charge >= 0.3 is 0 Å². The summed E-state index contributed by atoms with van der Waals surface area (Å²) in [5.41, 5.74) is 0.367. The molecule has 0 aliphatic carbocycles. The van der Waals surface area contributed by atoms with Gasteiger partial charge in [-0.15, -0.1) is 11.6 Å². The molecule has 0 atom stereocenters. The van der Waals surface area contributed by atoms with Crippen LogP contribution in [0.3, 0.4) is 0 Å². The number of hydrogen-bond donors (Lipinski definition) is 1. The fourth-order valence-corrected chi connectivity index (χ4v) is 1.24. The van der Waals surface area contributed by atoms with Gasteiger partial charge in [-0.05, 0) is 19.4 Å². The molecule has 0 aliphatic rings. The molecule has 1 aromatic heterocycles. The number of alkyl halides is 1. The minimum absolute atomic E-state index is 0.0664. The third kappa shape index (κ3) is 3.89. The summed E-state index contributed by atoms with van der Waals surface area (Å²) in [4.78, 5) is 15.8. The van der Waals surface area contributed by atoms with Crippen molar-refractivity contribution in [3.63, 3.8) is 0 Å². The summed E-state index contributed by atoms with van der Waals surface area (Å²) in [6.07, 6.45) is 1.67. The van der Waals surface area contributed by atoms with Crippen LogP contribution in [0.4, 0.5) is 0 Å². The molecule has 1 aromatic rings. The molecule has 0 saturated heterocycles. The van der Waals surface area contributed by atoms with Gasteiger partial charge in [0.1, 0.15) is 0 Å². The van der Waals surface area contributed by atoms with E-state index >= 15 is 0 Å². The number of ether oxygens (including phenoxy) is 1. The Bertz CT molecular complexity index is 377. The van der Waals surface area contributed by atoms with Gasteiger partial charge in [-0.25, -0.2) is 4.98 Å². The smallest absolute Gasteiger partial charge is 0.227 e. The Hall–Kier alpha value is -1.29. The molecule has 4 nitrogen and oxygen atoms in total. The summed E-state index contributed by atoms with van der Waals surface area (Å²) in [5.74, 6) is 0.782. The summed E-state index contributed by atoms with van der Waals surface area (Å²) in [6.45, 7) is 4.05. The van der Waals surface area contributed by atoms with Gasteiger partial charge < -0.3 is 10.1 Å². The molecular formula is C12H17ClN2O2. The number of hydrogen-bond acceptors (Lipinski definition) is 3. The molecule has 0 aromatic carbocycles. The van der Waals surface area contributed by atoms with E-state index in [0.717, 1.165) is 5.56 Å². The molecule has 1 rings (SSSR count). The van der Waals surface area contributed by atoms with Crippen molar-refractivity contribution in [2.75, 3.05) is 13.0 Å². The number of nitrogens with one attached hydrogen (secondary N) is 1. The number of amides is 1. The van der Waals surface area contributed by atoms with E-state index in [9.17, 15) is 4.79 Å². The van der Waals surface area contributed by atoms with Gasteiger partial charge in [-0.1, -0.05) is 6.07 Å². The number of halogens is 1. The molecule has 94 valence electrons. The summed E-state index contributed by atoms with van der Waals surface area (Å²) in [6, 6.07) is 3.62. The van der Waals surface area contributed by atoms with Gasteiger partial charge in [0.2, 0.25) is 11.8 Å². The van der Waals surface area contributed by atoms with Crippen LogP contribution < -0.4 is 10.1 Å². The van der Waals surface area contributed by atoms with Crippen LogP contribution >= 0.6 is 11.6 Å². The van der Waals surface area contributed by atoms with E-state index < -0.39 is 5.41 Å². The second-order valence-corrected chi connectivity index (χ2v) is 4.68. The predicted molar refractivity (Wildman–Crippen MR) is 67.1 cm³/mol. The molecule has 1 heterocycles. The average Bonchev–Trinajstić information content (AvgIpc) is 2.36. The summed E-state index contributed by atoms with van der Waals surface area (Å²) >= 11 is 5.72. The van der Waals surface area contributed by atoms with Crippen molar-refractivity contribution in [2.45, 2.75) is 20.4 Å². The summed E-state index contributed by atoms with van der Waals surface area (Å²) in [5, 5.41) is 2.82. The molecule has 0 saturated carbocycles. The number of nitrogens with zero attached hydrogens (tertiary/aromatic N) is 1. The SMILES string of the molecule is COc1ccc(CNC(=O)C(C)(C)CCl)cn1. The van der Waals surface area contributed by atoms with Crippen molar-refractivity contribution >= 4 is 17.5 Å². The molecule has 5 heteroatoms. The zero-order valence-corrected chi connectivity index (χ0v) is 11.0. The molecule has 1 amide bonds. The number of carbonyl (C=O) groups excluding carboxylic acids is 1. The first-order chi connectivity index (χ1) is 7.99. The fraction of sp³-hybridized carbons (Fsp3) is 0.500. The highest BCUT2D eigenvalue weighted by molar-refractivity contribution is 6.19. The number of rotatable bonds is 5. The van der Waals surface area contributed by atoms with Crippen LogP contribution in [0.25, 0.3) is 0 Å². The Labute approximate surface area is 106 Å². The molecular weight excluding hydrogens is 240 g/mol. The second kappa shape index (κ2) is 5.87. The van der Waals surface area contributed by atoms with Crippen LogP contribution in [0.2, 0.25) is 0 Å². The highest BCUT2D eigenvalue weighted by atomic mass is 35.5. The highest BCUT2D eigenvalue weighted by Crippen LogP contribution is 2.17. The summed E-state index contributed by atoms with van der Waals surface area (Å²) in [7, 11) is 1.56. The Kier molecular flexibility index (Phi) is 4.75. The van der Waals surface area contributed by atoms with Crippen LogP contribution in [0.5, 0.6) is 5.88 Å². The first-order valence-corrected chi connectivity index (χ1v) is 5.86. The van der Waals surface area contributed by atoms with Gasteiger partial charge in [-0.2, -0.15) is 0 Å². The molecule has 0 spiro atoms. The predicted octanol–water partition coefficient (Wildman–Crippen LogP) is 1.97. The van der Waals surface area contributed by atoms with E-state index in [-0.39, 0.29) is 5.91 Å². The van der Waals surface area contributed by atoms with E-state index in [0.29, 0.717) is 18.3 Å². The van der Waals surface area contributed by atoms with E-state index in [1.54, 1.807) is 19.4 Å². The maximum atomic E-state index is 11.8. The third-order valence-electron chi connectivity index (χ3n) is 2.41. The normalized spacial score (nSPS) is 11.1. The van der Waals surface area contributed by atoms with E-state index in [2.05, 4.69) is 10.3 Å². The summed E-state index contributed by atoms with van der Waals surface area (Å²) < 4.78 is 4.95. The monoisotopic (exact) mass is 256 g/mol. The average molecular weight is 257 g/mol. The van der Waals surface area contributed by atoms with Crippen molar-refractivity contribution in [2.24, 2.45) is 5.41 Å². The number of carbonyl (C=O) groups is 1. The number of pyridine rings is 1. The lowest BCUT2D eigenvalue weighted by molar-refractivity contribution is -0.128. The number of methoxy groups -OCH3 is 1. The van der Waals surface area contributed by atoms with Crippen molar-refractivity contribution in [1.29, 1.82) is 0 Å². The van der Waals surface area contributed by atoms with Gasteiger partial charge in [-0.3, -0.25) is 4.79 Å². The molecule has 0 unspecified atom stereocenters. The van der Waals surface area contributed by atoms with E-state index in [4.69, 9.17) is 16.3 Å². The van der Waals surface area contributed by atoms with Crippen LogP contribution in [-0.4, -0.2) is 23.9 Å². The number of aromatic nitrogens is 1. The maximum absolute atomic E-state index is 11.8. The van der Waals surface area contributed by atoms with Crippen molar-refractivity contribution in [3.8, 4) is 5.88 Å². The third-order valence-corrected chi connectivity index (χ3v) is 3.08. The van der Waals surface area contributed by atoms with E-state index in [1.165, 1.54) is 0 Å². The quantitative estimate of drug-likeness (QED) is 0.820. The molecule has 0 aliphatic heterocycles. The van der Waals surface area contributed by atoms with Crippen LogP contribution in [0, 0.1) is 5.41 Å². The maximum Gasteiger partial charge on any atom is 0.227 e. The lowest BCUT2D eigenvalue weighted by Crippen LogP contribution is -2.37. The minimum atomic E-state index is -0.554. The lowest BCUT2D eigenvalue weighted by Gasteiger charge is -2.20. The first-order valence-electron chi connectivity index (χ1n) is 5.33. The Balaban J connectivity index is 2.53. The van der Waals surface area contributed by atoms with Crippen LogP contribution in [0.15, 0.2) is 18.3 Å². The van der Waals surface area contributed by atoms with Crippen molar-refractivity contribution < 1.29 is 9.53 Å². The fourth-order valence-electron chi connectivity index (χ4n) is 1.12. The molecule has 0 radical (unpaired) electrons. The lowest BCUT2D eigenvalue weighted by atomic mass is 9.95. The largest absolute Gasteiger partial charge is 0.481 e. The minimum Gasteiger partial charge on any atom is -0.481 e. The van der Waals surface area contributed by atoms with Crippen molar-refractivity contribution in [1.82, 2.24) is 10.3 Å². The van der Waals surface area contributed by atoms with E-state index in [1.807, 2.05) is 19.9 Å². The zero-order chi connectivity index (χ0) is 12.9. The molecule has 1 N–H and O–H groups in total. The van der Waals surface area contributed by atoms with Crippen LogP contribution in [-0.2, 0) is 11.3 Å². The van der Waals surface area contributed by atoms with Crippen LogP contribution in [0.1, 0.15) is 19.4 Å². The topological polar surface area (TPSA) is 51.2 Å². The Morgan fingerprint density at radius 1 is 1.53 bits per heavy atom. The molecule has 0 bridgehead atoms. The Morgan fingerprint density at radius 2 is 2.24 bits per heavy atom. The molecule has 0 fully saturated rings. The van der Waals surface area contributed by atoms with Gasteiger partial charge in [0.15, 0.2) is 0 Å². The van der Waals surface area contributed by atoms with Gasteiger partial charge in [0.25, 0.3) is 0 Å². The standard InChI is InChI=1S/C12H17ClN2O2/c1-12(2,8-13)11(16)15-7-9-4-5-10(17-3)14-6-9/h4-6H,7-8H2,1-3H3,(H,15,16). The Morgan fingerprint density at radius 3 is 2.71 bits per heavy atom. The zero-order valence-electron chi connectivity index (χ0n) is 10.3.